The number of rotatable bonds is 5. The van der Waals surface area contributed by atoms with Gasteiger partial charge in [-0.3, -0.25) is 4.79 Å². The summed E-state index contributed by atoms with van der Waals surface area (Å²) in [4.78, 5) is 26.1. The van der Waals surface area contributed by atoms with Crippen molar-refractivity contribution in [3.8, 4) is 0 Å². The first-order chi connectivity index (χ1) is 11.1. The van der Waals surface area contributed by atoms with Gasteiger partial charge in [-0.15, -0.1) is 0 Å². The number of ether oxygens (including phenoxy) is 1. The van der Waals surface area contributed by atoms with Crippen molar-refractivity contribution >= 4 is 12.0 Å². The lowest BCUT2D eigenvalue weighted by molar-refractivity contribution is -0.127. The summed E-state index contributed by atoms with van der Waals surface area (Å²) in [5, 5.41) is 3.00. The predicted octanol–water partition coefficient (Wildman–Crippen LogP) is 2.95. The Balaban J connectivity index is 1.82. The van der Waals surface area contributed by atoms with Gasteiger partial charge in [-0.2, -0.15) is 0 Å². The van der Waals surface area contributed by atoms with E-state index in [2.05, 4.69) is 5.32 Å². The maximum absolute atomic E-state index is 12.2. The van der Waals surface area contributed by atoms with Crippen molar-refractivity contribution in [1.82, 2.24) is 10.2 Å². The monoisotopic (exact) mass is 318 g/mol. The van der Waals surface area contributed by atoms with Crippen molar-refractivity contribution < 1.29 is 14.3 Å². The molecule has 23 heavy (non-hydrogen) atoms. The molecule has 2 unspecified atom stereocenters. The standard InChI is InChI=1S/C18H26N2O3/c1-3-14(2)19-17(21)16-10-7-11-20(12-16)18(22)23-13-15-8-5-4-6-9-15/h4-6,8-9,14,16H,3,7,10-13H2,1-2H3,(H,19,21). The summed E-state index contributed by atoms with van der Waals surface area (Å²) in [5.74, 6) is -0.0954. The van der Waals surface area contributed by atoms with E-state index in [4.69, 9.17) is 4.74 Å². The van der Waals surface area contributed by atoms with Crippen LogP contribution in [0.25, 0.3) is 0 Å². The molecule has 0 spiro atoms. The summed E-state index contributed by atoms with van der Waals surface area (Å²) >= 11 is 0. The number of piperidine rings is 1. The van der Waals surface area contributed by atoms with E-state index in [1.807, 2.05) is 44.2 Å². The Hall–Kier alpha value is -2.04. The molecule has 1 saturated heterocycles. The molecule has 1 aromatic rings. The van der Waals surface area contributed by atoms with E-state index in [0.717, 1.165) is 24.8 Å². The highest BCUT2D eigenvalue weighted by Crippen LogP contribution is 2.18. The van der Waals surface area contributed by atoms with Crippen LogP contribution in [0.5, 0.6) is 0 Å². The molecule has 2 amide bonds. The second-order valence-electron chi connectivity index (χ2n) is 6.14. The Kier molecular flexibility index (Phi) is 6.44. The summed E-state index contributed by atoms with van der Waals surface area (Å²) in [7, 11) is 0. The van der Waals surface area contributed by atoms with E-state index < -0.39 is 0 Å². The van der Waals surface area contributed by atoms with E-state index in [1.165, 1.54) is 0 Å². The molecule has 0 bridgehead atoms. The molecular weight excluding hydrogens is 292 g/mol. The number of likely N-dealkylation sites (tertiary alicyclic amines) is 1. The number of benzene rings is 1. The molecule has 1 fully saturated rings. The van der Waals surface area contributed by atoms with Crippen molar-refractivity contribution in [3.05, 3.63) is 35.9 Å². The molecule has 0 radical (unpaired) electrons. The third-order valence-corrected chi connectivity index (χ3v) is 4.26. The van der Waals surface area contributed by atoms with Crippen molar-refractivity contribution in [3.63, 3.8) is 0 Å². The maximum Gasteiger partial charge on any atom is 0.410 e. The van der Waals surface area contributed by atoms with Gasteiger partial charge in [0.15, 0.2) is 0 Å². The van der Waals surface area contributed by atoms with Crippen molar-refractivity contribution in [1.29, 1.82) is 0 Å². The number of carbonyl (C=O) groups is 2. The Morgan fingerprint density at radius 1 is 1.35 bits per heavy atom. The summed E-state index contributed by atoms with van der Waals surface area (Å²) in [6.45, 7) is 5.39. The van der Waals surface area contributed by atoms with Crippen LogP contribution in [0.2, 0.25) is 0 Å². The first-order valence-electron chi connectivity index (χ1n) is 8.36. The average Bonchev–Trinajstić information content (AvgIpc) is 2.60. The van der Waals surface area contributed by atoms with Gasteiger partial charge in [0.2, 0.25) is 5.91 Å². The minimum Gasteiger partial charge on any atom is -0.445 e. The number of hydrogen-bond acceptors (Lipinski definition) is 3. The van der Waals surface area contributed by atoms with Crippen LogP contribution in [0.15, 0.2) is 30.3 Å². The van der Waals surface area contributed by atoms with Crippen LogP contribution < -0.4 is 5.32 Å². The molecule has 1 aliphatic rings. The SMILES string of the molecule is CCC(C)NC(=O)C1CCCN(C(=O)OCc2ccccc2)C1. The van der Waals surface area contributed by atoms with Gasteiger partial charge in [-0.05, 0) is 31.7 Å². The zero-order valence-corrected chi connectivity index (χ0v) is 14.0. The fraction of sp³-hybridized carbons (Fsp3) is 0.556. The van der Waals surface area contributed by atoms with Crippen LogP contribution in [0, 0.1) is 5.92 Å². The van der Waals surface area contributed by atoms with Crippen LogP contribution in [0.3, 0.4) is 0 Å². The van der Waals surface area contributed by atoms with Gasteiger partial charge in [0.25, 0.3) is 0 Å². The lowest BCUT2D eigenvalue weighted by atomic mass is 9.97. The van der Waals surface area contributed by atoms with Crippen molar-refractivity contribution in [2.24, 2.45) is 5.92 Å². The zero-order chi connectivity index (χ0) is 16.7. The van der Waals surface area contributed by atoms with Gasteiger partial charge in [0.05, 0.1) is 5.92 Å². The van der Waals surface area contributed by atoms with Gasteiger partial charge in [0.1, 0.15) is 6.61 Å². The van der Waals surface area contributed by atoms with Gasteiger partial charge < -0.3 is 15.0 Å². The molecule has 1 N–H and O–H groups in total. The topological polar surface area (TPSA) is 58.6 Å². The number of carbonyl (C=O) groups excluding carboxylic acids is 2. The van der Waals surface area contributed by atoms with Gasteiger partial charge in [0, 0.05) is 19.1 Å². The van der Waals surface area contributed by atoms with Crippen LogP contribution in [0.4, 0.5) is 4.79 Å². The smallest absolute Gasteiger partial charge is 0.410 e. The molecule has 1 heterocycles. The molecule has 5 heteroatoms. The Morgan fingerprint density at radius 3 is 2.78 bits per heavy atom. The predicted molar refractivity (Wildman–Crippen MR) is 88.8 cm³/mol. The number of nitrogens with zero attached hydrogens (tertiary/aromatic N) is 1. The van der Waals surface area contributed by atoms with Crippen LogP contribution in [-0.4, -0.2) is 36.0 Å². The number of hydrogen-bond donors (Lipinski definition) is 1. The number of amides is 2. The van der Waals surface area contributed by atoms with Crippen LogP contribution in [-0.2, 0) is 16.1 Å². The molecule has 2 rings (SSSR count). The highest BCUT2D eigenvalue weighted by Gasteiger charge is 2.29. The van der Waals surface area contributed by atoms with E-state index in [9.17, 15) is 9.59 Å². The lowest BCUT2D eigenvalue weighted by Crippen LogP contribution is -2.47. The molecule has 1 aromatic carbocycles. The second kappa shape index (κ2) is 8.56. The second-order valence-corrected chi connectivity index (χ2v) is 6.14. The van der Waals surface area contributed by atoms with E-state index in [0.29, 0.717) is 13.1 Å². The normalized spacial score (nSPS) is 19.0. The summed E-state index contributed by atoms with van der Waals surface area (Å²) in [5.41, 5.74) is 0.962. The minimum atomic E-state index is -0.338. The van der Waals surface area contributed by atoms with Crippen LogP contribution in [0.1, 0.15) is 38.7 Å². The molecule has 0 aliphatic carbocycles. The van der Waals surface area contributed by atoms with E-state index in [1.54, 1.807) is 4.90 Å². The Bertz CT molecular complexity index is 518. The van der Waals surface area contributed by atoms with Gasteiger partial charge in [-0.25, -0.2) is 4.79 Å². The van der Waals surface area contributed by atoms with Gasteiger partial charge >= 0.3 is 6.09 Å². The number of nitrogens with one attached hydrogen (secondary N) is 1. The largest absolute Gasteiger partial charge is 0.445 e. The minimum absolute atomic E-state index is 0.0416. The third kappa shape index (κ3) is 5.27. The fourth-order valence-corrected chi connectivity index (χ4v) is 2.63. The summed E-state index contributed by atoms with van der Waals surface area (Å²) in [6, 6.07) is 9.77. The van der Waals surface area contributed by atoms with Crippen molar-refractivity contribution in [2.75, 3.05) is 13.1 Å². The summed E-state index contributed by atoms with van der Waals surface area (Å²) in [6.07, 6.45) is 2.22. The molecule has 5 nitrogen and oxygen atoms in total. The summed E-state index contributed by atoms with van der Waals surface area (Å²) < 4.78 is 5.35. The zero-order valence-electron chi connectivity index (χ0n) is 14.0. The highest BCUT2D eigenvalue weighted by atomic mass is 16.6. The molecule has 126 valence electrons. The molecule has 0 aromatic heterocycles. The first kappa shape index (κ1) is 17.3. The van der Waals surface area contributed by atoms with Crippen molar-refractivity contribution in [2.45, 2.75) is 45.8 Å². The van der Waals surface area contributed by atoms with Gasteiger partial charge in [-0.1, -0.05) is 37.3 Å². The first-order valence-corrected chi connectivity index (χ1v) is 8.36. The highest BCUT2D eigenvalue weighted by molar-refractivity contribution is 5.80. The Labute approximate surface area is 138 Å². The van der Waals surface area contributed by atoms with E-state index in [-0.39, 0.29) is 30.6 Å². The maximum atomic E-state index is 12.2. The third-order valence-electron chi connectivity index (χ3n) is 4.26. The fourth-order valence-electron chi connectivity index (χ4n) is 2.63. The van der Waals surface area contributed by atoms with E-state index >= 15 is 0 Å². The molecular formula is C18H26N2O3. The molecule has 1 aliphatic heterocycles. The Morgan fingerprint density at radius 2 is 2.09 bits per heavy atom. The lowest BCUT2D eigenvalue weighted by Gasteiger charge is -2.31. The molecule has 2 atom stereocenters. The average molecular weight is 318 g/mol. The van der Waals surface area contributed by atoms with Crippen LogP contribution >= 0.6 is 0 Å². The molecule has 0 saturated carbocycles. The quantitative estimate of drug-likeness (QED) is 0.908.